The van der Waals surface area contributed by atoms with Gasteiger partial charge in [0.25, 0.3) is 11.8 Å². The summed E-state index contributed by atoms with van der Waals surface area (Å²) in [5, 5.41) is 3.12. The lowest BCUT2D eigenvalue weighted by atomic mass is 10.1. The molecule has 0 unspecified atom stereocenters. The van der Waals surface area contributed by atoms with Crippen LogP contribution in [0.3, 0.4) is 0 Å². The second-order valence-electron chi connectivity index (χ2n) is 3.84. The van der Waals surface area contributed by atoms with Crippen molar-refractivity contribution < 1.29 is 9.59 Å². The molecular formula is C13H9Cl2N3O2. The molecule has 5 nitrogen and oxygen atoms in total. The van der Waals surface area contributed by atoms with Crippen LogP contribution in [0.15, 0.2) is 36.5 Å². The van der Waals surface area contributed by atoms with Crippen LogP contribution in [0.25, 0.3) is 0 Å². The van der Waals surface area contributed by atoms with Crippen LogP contribution in [0.1, 0.15) is 20.8 Å². The van der Waals surface area contributed by atoms with E-state index in [-0.39, 0.29) is 22.0 Å². The lowest BCUT2D eigenvalue weighted by Gasteiger charge is -2.09. The van der Waals surface area contributed by atoms with Crippen LogP contribution in [-0.4, -0.2) is 16.8 Å². The third-order valence-electron chi connectivity index (χ3n) is 2.47. The van der Waals surface area contributed by atoms with Crippen LogP contribution in [0, 0.1) is 0 Å². The molecule has 0 saturated carbocycles. The first kappa shape index (κ1) is 14.3. The fourth-order valence-electron chi connectivity index (χ4n) is 1.58. The second-order valence-corrected chi connectivity index (χ2v) is 4.69. The first-order chi connectivity index (χ1) is 9.49. The number of halogens is 2. The number of carbonyl (C=O) groups is 2. The summed E-state index contributed by atoms with van der Waals surface area (Å²) in [6, 6.07) is 7.64. The number of amides is 2. The number of nitrogens with two attached hydrogens (primary N) is 1. The monoisotopic (exact) mass is 309 g/mol. The van der Waals surface area contributed by atoms with Gasteiger partial charge in [-0.2, -0.15) is 0 Å². The molecule has 2 amide bonds. The van der Waals surface area contributed by atoms with E-state index in [1.54, 1.807) is 6.07 Å². The molecule has 1 aromatic carbocycles. The van der Waals surface area contributed by atoms with Crippen molar-refractivity contribution in [3.63, 3.8) is 0 Å². The van der Waals surface area contributed by atoms with E-state index in [2.05, 4.69) is 10.3 Å². The van der Waals surface area contributed by atoms with Gasteiger partial charge in [-0.05, 0) is 24.3 Å². The van der Waals surface area contributed by atoms with E-state index in [1.165, 1.54) is 30.5 Å². The topological polar surface area (TPSA) is 85.1 Å². The molecule has 3 N–H and O–H groups in total. The smallest absolute Gasteiger partial charge is 0.274 e. The molecule has 0 radical (unpaired) electrons. The molecule has 0 aliphatic heterocycles. The standard InChI is InChI=1S/C13H9Cl2N3O2/c14-7-4-5-10(17-6-7)13(20)18-9-3-1-2-8(15)11(9)12(16)19/h1-6H,(H2,16,19)(H,18,20). The summed E-state index contributed by atoms with van der Waals surface area (Å²) >= 11 is 11.6. The van der Waals surface area contributed by atoms with Crippen molar-refractivity contribution in [2.24, 2.45) is 5.73 Å². The van der Waals surface area contributed by atoms with Crippen molar-refractivity contribution >= 4 is 40.7 Å². The van der Waals surface area contributed by atoms with Gasteiger partial charge in [0.05, 0.1) is 21.3 Å². The Morgan fingerprint density at radius 2 is 1.90 bits per heavy atom. The van der Waals surface area contributed by atoms with Gasteiger partial charge in [-0.25, -0.2) is 4.98 Å². The zero-order chi connectivity index (χ0) is 14.7. The van der Waals surface area contributed by atoms with Gasteiger partial charge in [0.1, 0.15) is 5.69 Å². The van der Waals surface area contributed by atoms with Crippen LogP contribution >= 0.6 is 23.2 Å². The average molecular weight is 310 g/mol. The van der Waals surface area contributed by atoms with Gasteiger partial charge < -0.3 is 11.1 Å². The molecular weight excluding hydrogens is 301 g/mol. The number of rotatable bonds is 3. The Morgan fingerprint density at radius 1 is 1.15 bits per heavy atom. The summed E-state index contributed by atoms with van der Waals surface area (Å²) in [6.07, 6.45) is 1.35. The van der Waals surface area contributed by atoms with Gasteiger partial charge in [0.15, 0.2) is 0 Å². The third kappa shape index (κ3) is 3.07. The van der Waals surface area contributed by atoms with E-state index in [0.29, 0.717) is 5.02 Å². The normalized spacial score (nSPS) is 10.1. The van der Waals surface area contributed by atoms with Gasteiger partial charge in [0.2, 0.25) is 0 Å². The molecule has 1 heterocycles. The Balaban J connectivity index is 2.30. The van der Waals surface area contributed by atoms with Crippen LogP contribution in [-0.2, 0) is 0 Å². The quantitative estimate of drug-likeness (QED) is 0.914. The molecule has 0 aliphatic carbocycles. The molecule has 7 heteroatoms. The number of carbonyl (C=O) groups excluding carboxylic acids is 2. The number of nitrogens with one attached hydrogen (secondary N) is 1. The summed E-state index contributed by atoms with van der Waals surface area (Å²) in [5.74, 6) is -1.22. The van der Waals surface area contributed by atoms with E-state index in [9.17, 15) is 9.59 Å². The molecule has 102 valence electrons. The summed E-state index contributed by atoms with van der Waals surface area (Å²) in [6.45, 7) is 0. The molecule has 20 heavy (non-hydrogen) atoms. The average Bonchev–Trinajstić information content (AvgIpc) is 2.39. The third-order valence-corrected chi connectivity index (χ3v) is 3.01. The zero-order valence-corrected chi connectivity index (χ0v) is 11.6. The van der Waals surface area contributed by atoms with Crippen LogP contribution in [0.5, 0.6) is 0 Å². The fourth-order valence-corrected chi connectivity index (χ4v) is 1.95. The van der Waals surface area contributed by atoms with Crippen molar-refractivity contribution in [1.82, 2.24) is 4.98 Å². The van der Waals surface area contributed by atoms with Gasteiger partial charge >= 0.3 is 0 Å². The van der Waals surface area contributed by atoms with E-state index >= 15 is 0 Å². The number of hydrogen-bond donors (Lipinski definition) is 2. The number of hydrogen-bond acceptors (Lipinski definition) is 3. The summed E-state index contributed by atoms with van der Waals surface area (Å²) in [7, 11) is 0. The maximum atomic E-state index is 12.0. The zero-order valence-electron chi connectivity index (χ0n) is 10.1. The highest BCUT2D eigenvalue weighted by Gasteiger charge is 2.15. The number of pyridine rings is 1. The summed E-state index contributed by atoms with van der Waals surface area (Å²) in [4.78, 5) is 27.2. The highest BCUT2D eigenvalue weighted by Crippen LogP contribution is 2.24. The lowest BCUT2D eigenvalue weighted by molar-refractivity contribution is 0.100. The maximum absolute atomic E-state index is 12.0. The van der Waals surface area contributed by atoms with E-state index in [0.717, 1.165) is 0 Å². The van der Waals surface area contributed by atoms with Crippen molar-refractivity contribution in [1.29, 1.82) is 0 Å². The Kier molecular flexibility index (Phi) is 4.22. The van der Waals surface area contributed by atoms with Gasteiger partial charge in [-0.1, -0.05) is 29.3 Å². The molecule has 1 aromatic heterocycles. The van der Waals surface area contributed by atoms with Gasteiger partial charge in [0, 0.05) is 6.20 Å². The van der Waals surface area contributed by atoms with E-state index in [1.807, 2.05) is 0 Å². The second kappa shape index (κ2) is 5.90. The molecule has 0 saturated heterocycles. The number of anilines is 1. The van der Waals surface area contributed by atoms with Gasteiger partial charge in [-0.15, -0.1) is 0 Å². The highest BCUT2D eigenvalue weighted by molar-refractivity contribution is 6.34. The number of aromatic nitrogens is 1. The minimum absolute atomic E-state index is 0.0523. The molecule has 2 aromatic rings. The van der Waals surface area contributed by atoms with Crippen molar-refractivity contribution in [3.05, 3.63) is 57.8 Å². The molecule has 0 bridgehead atoms. The van der Waals surface area contributed by atoms with Crippen molar-refractivity contribution in [3.8, 4) is 0 Å². The van der Waals surface area contributed by atoms with Crippen LogP contribution in [0.2, 0.25) is 10.0 Å². The van der Waals surface area contributed by atoms with Crippen LogP contribution in [0.4, 0.5) is 5.69 Å². The fraction of sp³-hybridized carbons (Fsp3) is 0. The maximum Gasteiger partial charge on any atom is 0.274 e. The first-order valence-electron chi connectivity index (χ1n) is 5.50. The molecule has 0 fully saturated rings. The molecule has 0 atom stereocenters. The Morgan fingerprint density at radius 3 is 2.50 bits per heavy atom. The van der Waals surface area contributed by atoms with Crippen molar-refractivity contribution in [2.45, 2.75) is 0 Å². The minimum atomic E-state index is -0.727. The van der Waals surface area contributed by atoms with Gasteiger partial charge in [-0.3, -0.25) is 9.59 Å². The number of primary amides is 1. The Bertz CT molecular complexity index is 672. The largest absolute Gasteiger partial charge is 0.365 e. The van der Waals surface area contributed by atoms with E-state index in [4.69, 9.17) is 28.9 Å². The Hall–Kier alpha value is -2.11. The molecule has 2 rings (SSSR count). The summed E-state index contributed by atoms with van der Waals surface area (Å²) < 4.78 is 0. The predicted molar refractivity (Wildman–Crippen MR) is 77.2 cm³/mol. The van der Waals surface area contributed by atoms with Crippen LogP contribution < -0.4 is 11.1 Å². The highest BCUT2D eigenvalue weighted by atomic mass is 35.5. The lowest BCUT2D eigenvalue weighted by Crippen LogP contribution is -2.19. The SMILES string of the molecule is NC(=O)c1c(Cl)cccc1NC(=O)c1ccc(Cl)cn1. The molecule has 0 spiro atoms. The molecule has 0 aliphatic rings. The Labute approximate surface area is 124 Å². The van der Waals surface area contributed by atoms with E-state index < -0.39 is 11.8 Å². The predicted octanol–water partition coefficient (Wildman–Crippen LogP) is 2.74. The minimum Gasteiger partial charge on any atom is -0.365 e. The number of benzene rings is 1. The van der Waals surface area contributed by atoms with Crippen molar-refractivity contribution in [2.75, 3.05) is 5.32 Å². The number of nitrogens with zero attached hydrogens (tertiary/aromatic N) is 1. The first-order valence-corrected chi connectivity index (χ1v) is 6.26. The summed E-state index contributed by atoms with van der Waals surface area (Å²) in [5.41, 5.74) is 5.68.